The van der Waals surface area contributed by atoms with Crippen molar-refractivity contribution in [2.75, 3.05) is 18.0 Å². The van der Waals surface area contributed by atoms with Gasteiger partial charge in [-0.2, -0.15) is 10.1 Å². The van der Waals surface area contributed by atoms with E-state index in [-0.39, 0.29) is 0 Å². The molecule has 0 spiro atoms. The highest BCUT2D eigenvalue weighted by Crippen LogP contribution is 2.24. The third-order valence-corrected chi connectivity index (χ3v) is 3.99. The molecule has 0 amide bonds. The summed E-state index contributed by atoms with van der Waals surface area (Å²) in [4.78, 5) is 10.9. The first-order valence-electron chi connectivity index (χ1n) is 7.19. The number of hydrogen-bond donors (Lipinski definition) is 0. The fraction of sp³-hybridized carbons (Fsp3) is 0.429. The predicted molar refractivity (Wildman–Crippen MR) is 76.9 cm³/mol. The minimum atomic E-state index is 0.541. The Morgan fingerprint density at radius 1 is 1.19 bits per heavy atom. The Balaban J connectivity index is 1.66. The molecule has 0 unspecified atom stereocenters. The lowest BCUT2D eigenvalue weighted by molar-refractivity contribution is 0.376. The molecule has 0 atom stereocenters. The Morgan fingerprint density at radius 2 is 2.05 bits per heavy atom. The van der Waals surface area contributed by atoms with Gasteiger partial charge in [0.15, 0.2) is 5.65 Å². The van der Waals surface area contributed by atoms with Crippen molar-refractivity contribution in [3.63, 3.8) is 0 Å². The van der Waals surface area contributed by atoms with Gasteiger partial charge in [-0.05, 0) is 24.8 Å². The molecular formula is C14H16N6O. The van der Waals surface area contributed by atoms with Crippen molar-refractivity contribution in [1.82, 2.24) is 24.7 Å². The molecule has 21 heavy (non-hydrogen) atoms. The van der Waals surface area contributed by atoms with Crippen LogP contribution in [0.3, 0.4) is 0 Å². The fourth-order valence-electron chi connectivity index (χ4n) is 2.65. The van der Waals surface area contributed by atoms with Crippen LogP contribution in [0.2, 0.25) is 0 Å². The summed E-state index contributed by atoms with van der Waals surface area (Å²) in [5.41, 5.74) is 1.55. The third kappa shape index (κ3) is 2.14. The summed E-state index contributed by atoms with van der Waals surface area (Å²) >= 11 is 0. The largest absolute Gasteiger partial charge is 0.324 e. The van der Waals surface area contributed by atoms with E-state index in [9.17, 15) is 0 Å². The lowest BCUT2D eigenvalue weighted by atomic mass is 10.00. The van der Waals surface area contributed by atoms with E-state index in [1.165, 1.54) is 0 Å². The molecule has 0 aliphatic carbocycles. The second kappa shape index (κ2) is 4.83. The molecule has 1 aliphatic rings. The molecule has 3 aromatic heterocycles. The van der Waals surface area contributed by atoms with Crippen LogP contribution in [0.1, 0.15) is 19.8 Å². The van der Waals surface area contributed by atoms with E-state index in [4.69, 9.17) is 4.52 Å². The summed E-state index contributed by atoms with van der Waals surface area (Å²) in [7, 11) is 0. The number of aromatic nitrogens is 5. The van der Waals surface area contributed by atoms with Crippen molar-refractivity contribution in [1.29, 1.82) is 0 Å². The number of nitrogens with zero attached hydrogens (tertiary/aromatic N) is 6. The van der Waals surface area contributed by atoms with Gasteiger partial charge in [0, 0.05) is 25.4 Å². The molecule has 0 aromatic carbocycles. The number of rotatable bonds is 2. The number of fused-ring (bicyclic) bond motifs is 1. The summed E-state index contributed by atoms with van der Waals surface area (Å²) < 4.78 is 7.14. The predicted octanol–water partition coefficient (Wildman–Crippen LogP) is 2.02. The van der Waals surface area contributed by atoms with Gasteiger partial charge < -0.3 is 9.42 Å². The lowest BCUT2D eigenvalue weighted by Gasteiger charge is -2.28. The molecule has 1 saturated heterocycles. The Bertz CT molecular complexity index is 756. The minimum absolute atomic E-state index is 0.541. The molecule has 0 radical (unpaired) electrons. The number of piperidine rings is 1. The number of hydrogen-bond acceptors (Lipinski definition) is 6. The quantitative estimate of drug-likeness (QED) is 0.717. The van der Waals surface area contributed by atoms with Gasteiger partial charge >= 0.3 is 6.01 Å². The highest BCUT2D eigenvalue weighted by molar-refractivity contribution is 5.55. The lowest BCUT2D eigenvalue weighted by Crippen LogP contribution is -2.32. The van der Waals surface area contributed by atoms with Crippen molar-refractivity contribution >= 4 is 11.7 Å². The van der Waals surface area contributed by atoms with Gasteiger partial charge in [-0.3, -0.25) is 0 Å². The summed E-state index contributed by atoms with van der Waals surface area (Å²) in [5.74, 6) is 1.31. The summed E-state index contributed by atoms with van der Waals surface area (Å²) in [6.45, 7) is 4.22. The van der Waals surface area contributed by atoms with E-state index in [0.717, 1.165) is 43.2 Å². The van der Waals surface area contributed by atoms with Crippen LogP contribution in [0.5, 0.6) is 0 Å². The van der Waals surface area contributed by atoms with Gasteiger partial charge in [0.05, 0.1) is 6.20 Å². The smallest absolute Gasteiger partial charge is 0.324 e. The van der Waals surface area contributed by atoms with Crippen LogP contribution in [0, 0.1) is 5.92 Å². The minimum Gasteiger partial charge on any atom is -0.324 e. The maximum atomic E-state index is 5.42. The van der Waals surface area contributed by atoms with Crippen LogP contribution in [0.15, 0.2) is 29.0 Å². The van der Waals surface area contributed by atoms with Gasteiger partial charge in [0.25, 0.3) is 0 Å². The summed E-state index contributed by atoms with van der Waals surface area (Å²) in [5, 5.41) is 8.34. The van der Waals surface area contributed by atoms with Crippen molar-refractivity contribution in [2.24, 2.45) is 5.92 Å². The van der Waals surface area contributed by atoms with E-state index in [0.29, 0.717) is 11.8 Å². The monoisotopic (exact) mass is 284 g/mol. The van der Waals surface area contributed by atoms with Gasteiger partial charge in [-0.15, -0.1) is 0 Å². The van der Waals surface area contributed by atoms with Gasteiger partial charge in [0.2, 0.25) is 5.82 Å². The van der Waals surface area contributed by atoms with E-state index < -0.39 is 0 Å². The topological polar surface area (TPSA) is 72.4 Å². The molecule has 108 valence electrons. The molecule has 1 aliphatic heterocycles. The first kappa shape index (κ1) is 12.3. The van der Waals surface area contributed by atoms with Gasteiger partial charge in [-0.1, -0.05) is 12.1 Å². The SMILES string of the molecule is CC1CCN(c2nc(-c3ccnc4ccnn34)no2)CC1. The zero-order valence-corrected chi connectivity index (χ0v) is 11.8. The highest BCUT2D eigenvalue weighted by Gasteiger charge is 2.21. The van der Waals surface area contributed by atoms with Crippen molar-refractivity contribution in [3.05, 3.63) is 24.5 Å². The Kier molecular flexibility index (Phi) is 2.83. The molecule has 0 bridgehead atoms. The standard InChI is InChI=1S/C14H16N6O/c1-10-4-8-19(9-5-10)14-17-13(18-21-14)11-2-6-15-12-3-7-16-20(11)12/h2-3,6-7,10H,4-5,8-9H2,1H3. The first-order valence-corrected chi connectivity index (χ1v) is 7.19. The van der Waals surface area contributed by atoms with Crippen LogP contribution in [-0.2, 0) is 0 Å². The molecule has 4 rings (SSSR count). The molecule has 1 fully saturated rings. The average Bonchev–Trinajstić information content (AvgIpc) is 3.16. The third-order valence-electron chi connectivity index (χ3n) is 3.99. The molecule has 7 nitrogen and oxygen atoms in total. The molecule has 4 heterocycles. The Hall–Kier alpha value is -2.44. The number of anilines is 1. The molecule has 0 N–H and O–H groups in total. The average molecular weight is 284 g/mol. The molecule has 3 aromatic rings. The maximum absolute atomic E-state index is 5.42. The van der Waals surface area contributed by atoms with E-state index >= 15 is 0 Å². The van der Waals surface area contributed by atoms with Crippen LogP contribution >= 0.6 is 0 Å². The van der Waals surface area contributed by atoms with Crippen molar-refractivity contribution in [3.8, 4) is 11.5 Å². The van der Waals surface area contributed by atoms with Crippen LogP contribution in [-0.4, -0.2) is 37.8 Å². The molecule has 0 saturated carbocycles. The van der Waals surface area contributed by atoms with E-state index in [2.05, 4.69) is 32.0 Å². The highest BCUT2D eigenvalue weighted by atomic mass is 16.5. The van der Waals surface area contributed by atoms with Gasteiger partial charge in [-0.25, -0.2) is 9.50 Å². The molecule has 7 heteroatoms. The molecular weight excluding hydrogens is 268 g/mol. The van der Waals surface area contributed by atoms with Crippen molar-refractivity contribution in [2.45, 2.75) is 19.8 Å². The maximum Gasteiger partial charge on any atom is 0.324 e. The normalized spacial score (nSPS) is 16.7. The van der Waals surface area contributed by atoms with Crippen molar-refractivity contribution < 1.29 is 4.52 Å². The summed E-state index contributed by atoms with van der Waals surface area (Å²) in [6, 6.07) is 4.28. The van der Waals surface area contributed by atoms with Crippen LogP contribution in [0.4, 0.5) is 6.01 Å². The fourth-order valence-corrected chi connectivity index (χ4v) is 2.65. The van der Waals surface area contributed by atoms with E-state index in [1.54, 1.807) is 16.9 Å². The van der Waals surface area contributed by atoms with Crippen LogP contribution < -0.4 is 4.90 Å². The Labute approximate surface area is 121 Å². The van der Waals surface area contributed by atoms with E-state index in [1.807, 2.05) is 12.1 Å². The zero-order valence-electron chi connectivity index (χ0n) is 11.8. The zero-order chi connectivity index (χ0) is 14.2. The second-order valence-electron chi connectivity index (χ2n) is 5.50. The second-order valence-corrected chi connectivity index (χ2v) is 5.50. The Morgan fingerprint density at radius 3 is 2.90 bits per heavy atom. The summed E-state index contributed by atoms with van der Waals surface area (Å²) in [6.07, 6.45) is 5.76. The van der Waals surface area contributed by atoms with Crippen LogP contribution in [0.25, 0.3) is 17.2 Å². The van der Waals surface area contributed by atoms with Gasteiger partial charge in [0.1, 0.15) is 5.69 Å². The first-order chi connectivity index (χ1) is 10.3.